The molecule has 3 aliphatic rings. The summed E-state index contributed by atoms with van der Waals surface area (Å²) < 4.78 is 18.3. The summed E-state index contributed by atoms with van der Waals surface area (Å²) in [6, 6.07) is 0.441. The summed E-state index contributed by atoms with van der Waals surface area (Å²) in [5, 5.41) is 0. The summed E-state index contributed by atoms with van der Waals surface area (Å²) in [5.41, 5.74) is -0.525. The van der Waals surface area contributed by atoms with Crippen molar-refractivity contribution in [3.8, 4) is 0 Å². The molecule has 0 bridgehead atoms. The molecule has 0 amide bonds. The van der Waals surface area contributed by atoms with E-state index in [2.05, 4.69) is 62.3 Å². The first-order valence-electron chi connectivity index (χ1n) is 10.9. The highest BCUT2D eigenvalue weighted by molar-refractivity contribution is 6.08. The predicted octanol–water partition coefficient (Wildman–Crippen LogP) is 4.52. The lowest BCUT2D eigenvalue weighted by Crippen LogP contribution is -2.39. The number of aliphatic imine (C=N–C) groups is 3. The molecule has 0 spiro atoms. The second kappa shape index (κ2) is 7.59. The Labute approximate surface area is 176 Å². The summed E-state index contributed by atoms with van der Waals surface area (Å²) in [6.45, 7) is 21.5. The molecule has 3 rings (SSSR count). The predicted molar refractivity (Wildman–Crippen MR) is 118 cm³/mol. The van der Waals surface area contributed by atoms with Gasteiger partial charge in [0.05, 0.1) is 18.1 Å². The first-order chi connectivity index (χ1) is 13.3. The molecule has 0 saturated carbocycles. The third-order valence-electron chi connectivity index (χ3n) is 6.25. The van der Waals surface area contributed by atoms with E-state index in [1.165, 1.54) is 0 Å². The van der Waals surface area contributed by atoms with Gasteiger partial charge in [-0.25, -0.2) is 15.0 Å². The zero-order chi connectivity index (χ0) is 21.6. The van der Waals surface area contributed by atoms with Gasteiger partial charge in [-0.05, 0) is 23.7 Å². The maximum Gasteiger partial charge on any atom is 0.199 e. The third kappa shape index (κ3) is 4.61. The second-order valence-corrected chi connectivity index (χ2v) is 11.4. The van der Waals surface area contributed by atoms with Gasteiger partial charge in [-0.15, -0.1) is 0 Å². The van der Waals surface area contributed by atoms with Crippen LogP contribution in [0.3, 0.4) is 0 Å². The average Bonchev–Trinajstić information content (AvgIpc) is 3.33. The average molecular weight is 406 g/mol. The van der Waals surface area contributed by atoms with E-state index in [9.17, 15) is 0 Å². The summed E-state index contributed by atoms with van der Waals surface area (Å²) in [4.78, 5) is 14.8. The van der Waals surface area contributed by atoms with Crippen LogP contribution in [-0.4, -0.2) is 55.6 Å². The zero-order valence-corrected chi connectivity index (χ0v) is 19.7. The first kappa shape index (κ1) is 22.1. The van der Waals surface area contributed by atoms with Crippen molar-refractivity contribution < 1.29 is 14.2 Å². The fourth-order valence-corrected chi connectivity index (χ4v) is 3.66. The van der Waals surface area contributed by atoms with E-state index < -0.39 is 5.41 Å². The Morgan fingerprint density at radius 3 is 1.59 bits per heavy atom. The molecule has 0 aliphatic carbocycles. The lowest BCUT2D eigenvalue weighted by Gasteiger charge is -2.27. The molecule has 29 heavy (non-hydrogen) atoms. The highest BCUT2D eigenvalue weighted by atomic mass is 16.5. The van der Waals surface area contributed by atoms with E-state index in [4.69, 9.17) is 29.2 Å². The van der Waals surface area contributed by atoms with Crippen molar-refractivity contribution in [1.82, 2.24) is 0 Å². The topological polar surface area (TPSA) is 64.8 Å². The molecule has 0 radical (unpaired) electrons. The molecule has 0 unspecified atom stereocenters. The normalized spacial score (nSPS) is 27.9. The maximum atomic E-state index is 6.15. The third-order valence-corrected chi connectivity index (χ3v) is 6.25. The molecule has 3 heterocycles. The number of rotatable bonds is 5. The quantitative estimate of drug-likeness (QED) is 0.675. The van der Waals surface area contributed by atoms with Gasteiger partial charge in [0.25, 0.3) is 0 Å². The summed E-state index contributed by atoms with van der Waals surface area (Å²) in [6.07, 6.45) is 0.557. The Kier molecular flexibility index (Phi) is 5.78. The van der Waals surface area contributed by atoms with Crippen LogP contribution >= 0.6 is 0 Å². The van der Waals surface area contributed by atoms with Gasteiger partial charge >= 0.3 is 0 Å². The molecule has 0 aromatic carbocycles. The lowest BCUT2D eigenvalue weighted by atomic mass is 9.84. The van der Waals surface area contributed by atoms with Crippen LogP contribution in [0, 0.1) is 22.2 Å². The molecule has 6 nitrogen and oxygen atoms in total. The number of nitrogens with zero attached hydrogens (tertiary/aromatic N) is 3. The van der Waals surface area contributed by atoms with Crippen molar-refractivity contribution in [1.29, 1.82) is 0 Å². The van der Waals surface area contributed by atoms with Crippen molar-refractivity contribution in [2.75, 3.05) is 19.8 Å². The van der Waals surface area contributed by atoms with E-state index in [0.717, 1.165) is 5.90 Å². The smallest absolute Gasteiger partial charge is 0.199 e. The number of ether oxygens (including phenoxy) is 3. The Hall–Kier alpha value is -1.59. The lowest BCUT2D eigenvalue weighted by molar-refractivity contribution is 0.209. The molecule has 0 fully saturated rings. The molecule has 0 aromatic rings. The van der Waals surface area contributed by atoms with Crippen LogP contribution in [-0.2, 0) is 14.2 Å². The van der Waals surface area contributed by atoms with Gasteiger partial charge in [0.1, 0.15) is 25.2 Å². The Morgan fingerprint density at radius 2 is 1.24 bits per heavy atom. The fraction of sp³-hybridized carbons (Fsp3) is 0.870. The van der Waals surface area contributed by atoms with Gasteiger partial charge in [0.2, 0.25) is 0 Å². The van der Waals surface area contributed by atoms with Crippen molar-refractivity contribution in [3.63, 3.8) is 0 Å². The van der Waals surface area contributed by atoms with Crippen molar-refractivity contribution in [3.05, 3.63) is 0 Å². The highest BCUT2D eigenvalue weighted by Crippen LogP contribution is 2.39. The van der Waals surface area contributed by atoms with Crippen molar-refractivity contribution in [2.45, 2.75) is 86.9 Å². The minimum absolute atomic E-state index is 0.0407. The van der Waals surface area contributed by atoms with E-state index in [-0.39, 0.29) is 29.0 Å². The molecule has 0 aromatic heterocycles. The largest absolute Gasteiger partial charge is 0.479 e. The maximum absolute atomic E-state index is 6.15. The van der Waals surface area contributed by atoms with Gasteiger partial charge in [-0.3, -0.25) is 0 Å². The van der Waals surface area contributed by atoms with Crippen LogP contribution in [0.4, 0.5) is 0 Å². The molecule has 0 N–H and O–H groups in total. The van der Waals surface area contributed by atoms with Crippen LogP contribution in [0.25, 0.3) is 0 Å². The molecule has 164 valence electrons. The van der Waals surface area contributed by atoms with Crippen LogP contribution in [0.1, 0.15) is 68.7 Å². The summed E-state index contributed by atoms with van der Waals surface area (Å²) >= 11 is 0. The Bertz CT molecular complexity index is 670. The van der Waals surface area contributed by atoms with Gasteiger partial charge in [0, 0.05) is 6.42 Å². The summed E-state index contributed by atoms with van der Waals surface area (Å²) in [7, 11) is 0. The SMILES string of the molecule is CC(C)[C@H]1COC(CC(C)(C2=N[C@@H](C(C)(C)C)CO2)C2=N[C@@H](C(C)(C)C)CO2)=N1. The van der Waals surface area contributed by atoms with Crippen molar-refractivity contribution in [2.24, 2.45) is 37.1 Å². The van der Waals surface area contributed by atoms with E-state index in [0.29, 0.717) is 44.0 Å². The minimum atomic E-state index is -0.606. The second-order valence-electron chi connectivity index (χ2n) is 11.4. The molecule has 6 heteroatoms. The molecular formula is C23H39N3O3. The van der Waals surface area contributed by atoms with Gasteiger partial charge in [-0.1, -0.05) is 55.4 Å². The van der Waals surface area contributed by atoms with Gasteiger partial charge in [-0.2, -0.15) is 0 Å². The van der Waals surface area contributed by atoms with Crippen LogP contribution in [0.5, 0.6) is 0 Å². The molecule has 0 saturated heterocycles. The fourth-order valence-electron chi connectivity index (χ4n) is 3.66. The van der Waals surface area contributed by atoms with Crippen molar-refractivity contribution >= 4 is 17.7 Å². The minimum Gasteiger partial charge on any atom is -0.479 e. The van der Waals surface area contributed by atoms with E-state index in [1.54, 1.807) is 0 Å². The number of hydrogen-bond acceptors (Lipinski definition) is 6. The molecule has 3 aliphatic heterocycles. The molecular weight excluding hydrogens is 366 g/mol. The molecule has 3 atom stereocenters. The first-order valence-corrected chi connectivity index (χ1v) is 10.9. The standard InChI is InChI=1S/C23H39N3O3/c1-14(2)15-11-27-18(24-15)10-23(9,19-25-16(12-28-19)21(3,4)5)20-26-17(13-29-20)22(6,7)8/h14-17H,10-13H2,1-9H3/t15-,16-,17-/m1/s1. The van der Waals surface area contributed by atoms with Crippen LogP contribution < -0.4 is 0 Å². The summed E-state index contributed by atoms with van der Waals surface area (Å²) in [5.74, 6) is 2.60. The van der Waals surface area contributed by atoms with E-state index >= 15 is 0 Å². The Morgan fingerprint density at radius 1 is 0.759 bits per heavy atom. The highest BCUT2D eigenvalue weighted by Gasteiger charge is 2.49. The van der Waals surface area contributed by atoms with Crippen LogP contribution in [0.2, 0.25) is 0 Å². The van der Waals surface area contributed by atoms with Gasteiger partial charge < -0.3 is 14.2 Å². The van der Waals surface area contributed by atoms with E-state index in [1.807, 2.05) is 0 Å². The van der Waals surface area contributed by atoms with Crippen LogP contribution in [0.15, 0.2) is 15.0 Å². The van der Waals surface area contributed by atoms with Gasteiger partial charge in [0.15, 0.2) is 17.7 Å². The monoisotopic (exact) mass is 405 g/mol. The Balaban J connectivity index is 1.94. The number of hydrogen-bond donors (Lipinski definition) is 0. The zero-order valence-electron chi connectivity index (χ0n) is 19.7.